The molecule has 0 aliphatic heterocycles. The van der Waals surface area contributed by atoms with Gasteiger partial charge in [0.2, 0.25) is 11.8 Å². The van der Waals surface area contributed by atoms with Crippen molar-refractivity contribution in [3.63, 3.8) is 0 Å². The van der Waals surface area contributed by atoms with Gasteiger partial charge in [0.05, 0.1) is 6.04 Å². The van der Waals surface area contributed by atoms with E-state index < -0.39 is 17.9 Å². The molecule has 7 N–H and O–H groups in total. The summed E-state index contributed by atoms with van der Waals surface area (Å²) in [7, 11) is 0. The van der Waals surface area contributed by atoms with Gasteiger partial charge in [0.1, 0.15) is 5.92 Å². The van der Waals surface area contributed by atoms with Crippen molar-refractivity contribution in [2.75, 3.05) is 11.9 Å². The molecule has 1 aliphatic carbocycles. The summed E-state index contributed by atoms with van der Waals surface area (Å²) in [5.41, 5.74) is 15.2. The second-order valence-electron chi connectivity index (χ2n) is 10.0. The first kappa shape index (κ1) is 28.2. The first-order chi connectivity index (χ1) is 16.6. The maximum atomic E-state index is 13.1. The molecule has 3 unspecified atom stereocenters. The average molecular weight is 486 g/mol. The van der Waals surface area contributed by atoms with Crippen LogP contribution in [0.15, 0.2) is 35.5 Å². The number of primary amides is 2. The number of carbonyl (C=O) groups excluding carboxylic acids is 3. The Morgan fingerprint density at radius 1 is 1.03 bits per heavy atom. The SMILES string of the molecule is CCC(C)Cc1ccc(NC(=C2CCC2)C(CCCNC(N)=O)NC(=O)C(C(N)=O)C(C)C)cc1. The zero-order valence-corrected chi connectivity index (χ0v) is 21.7. The minimum absolute atomic E-state index is 0.212. The van der Waals surface area contributed by atoms with Crippen molar-refractivity contribution >= 4 is 23.5 Å². The van der Waals surface area contributed by atoms with E-state index in [1.54, 1.807) is 0 Å². The van der Waals surface area contributed by atoms with Crippen LogP contribution in [0.1, 0.15) is 71.8 Å². The van der Waals surface area contributed by atoms with Crippen LogP contribution in [0.3, 0.4) is 0 Å². The molecule has 0 saturated heterocycles. The minimum Gasteiger partial charge on any atom is -0.369 e. The largest absolute Gasteiger partial charge is 0.369 e. The van der Waals surface area contributed by atoms with Gasteiger partial charge in [-0.1, -0.05) is 46.2 Å². The lowest BCUT2D eigenvalue weighted by Crippen LogP contribution is -2.47. The van der Waals surface area contributed by atoms with Crippen LogP contribution in [-0.2, 0) is 16.0 Å². The predicted molar refractivity (Wildman–Crippen MR) is 140 cm³/mol. The van der Waals surface area contributed by atoms with Crippen molar-refractivity contribution in [2.45, 2.75) is 78.7 Å². The number of carbonyl (C=O) groups is 3. The Balaban J connectivity index is 2.25. The summed E-state index contributed by atoms with van der Waals surface area (Å²) >= 11 is 0. The molecule has 0 heterocycles. The second-order valence-corrected chi connectivity index (χ2v) is 10.0. The Morgan fingerprint density at radius 3 is 2.17 bits per heavy atom. The van der Waals surface area contributed by atoms with Gasteiger partial charge in [-0.15, -0.1) is 0 Å². The molecule has 1 aliphatic rings. The van der Waals surface area contributed by atoms with E-state index in [9.17, 15) is 14.4 Å². The highest BCUT2D eigenvalue weighted by molar-refractivity contribution is 6.00. The summed E-state index contributed by atoms with van der Waals surface area (Å²) in [4.78, 5) is 36.1. The molecule has 0 radical (unpaired) electrons. The predicted octanol–water partition coefficient (Wildman–Crippen LogP) is 3.82. The molecule has 194 valence electrons. The fraction of sp³-hybridized carbons (Fsp3) is 0.593. The Morgan fingerprint density at radius 2 is 1.69 bits per heavy atom. The van der Waals surface area contributed by atoms with E-state index in [0.29, 0.717) is 25.3 Å². The number of urea groups is 1. The molecule has 1 fully saturated rings. The third-order valence-electron chi connectivity index (χ3n) is 6.74. The van der Waals surface area contributed by atoms with Crippen LogP contribution >= 0.6 is 0 Å². The van der Waals surface area contributed by atoms with Crippen LogP contribution in [0.5, 0.6) is 0 Å². The molecule has 35 heavy (non-hydrogen) atoms. The molecule has 1 saturated carbocycles. The van der Waals surface area contributed by atoms with E-state index in [-0.39, 0.29) is 17.9 Å². The fourth-order valence-corrected chi connectivity index (χ4v) is 4.30. The molecule has 8 nitrogen and oxygen atoms in total. The molecule has 1 aromatic rings. The van der Waals surface area contributed by atoms with Gasteiger partial charge in [-0.25, -0.2) is 4.79 Å². The van der Waals surface area contributed by atoms with E-state index in [0.717, 1.165) is 43.5 Å². The summed E-state index contributed by atoms with van der Waals surface area (Å²) in [5.74, 6) is -1.49. The first-order valence-corrected chi connectivity index (χ1v) is 12.8. The number of rotatable bonds is 14. The Hall–Kier alpha value is -3.03. The molecule has 3 atom stereocenters. The Labute approximate surface area is 209 Å². The van der Waals surface area contributed by atoms with Crippen LogP contribution in [0.4, 0.5) is 10.5 Å². The molecule has 8 heteroatoms. The number of benzene rings is 1. The van der Waals surface area contributed by atoms with E-state index in [4.69, 9.17) is 11.5 Å². The number of nitrogens with one attached hydrogen (secondary N) is 3. The van der Waals surface area contributed by atoms with Gasteiger partial charge < -0.3 is 27.4 Å². The van der Waals surface area contributed by atoms with Crippen LogP contribution in [0.2, 0.25) is 0 Å². The molecule has 1 aromatic carbocycles. The van der Waals surface area contributed by atoms with Crippen LogP contribution < -0.4 is 27.4 Å². The summed E-state index contributed by atoms with van der Waals surface area (Å²) in [6, 6.07) is 7.52. The topological polar surface area (TPSA) is 139 Å². The standard InChI is InChI=1S/C27H43N5O3/c1-5-18(4)16-19-11-13-21(14-12-19)31-24(20-8-6-9-20)22(10-7-15-30-27(29)35)32-26(34)23(17(2)3)25(28)33/h11-14,17-18,22-23,31H,5-10,15-16H2,1-4H3,(H2,28,33)(H,32,34)(H3,29,30,35). The van der Waals surface area contributed by atoms with Gasteiger partial charge in [-0.05, 0) is 73.6 Å². The molecule has 0 aromatic heterocycles. The van der Waals surface area contributed by atoms with Gasteiger partial charge >= 0.3 is 6.03 Å². The number of hydrogen-bond acceptors (Lipinski definition) is 4. The minimum atomic E-state index is -0.909. The zero-order chi connectivity index (χ0) is 26.0. The van der Waals surface area contributed by atoms with Crippen molar-refractivity contribution < 1.29 is 14.4 Å². The quantitative estimate of drug-likeness (QED) is 0.202. The number of nitrogens with two attached hydrogens (primary N) is 2. The van der Waals surface area contributed by atoms with E-state index in [2.05, 4.69) is 54.1 Å². The highest BCUT2D eigenvalue weighted by atomic mass is 16.2. The Kier molecular flexibility index (Phi) is 11.1. The number of amides is 4. The fourth-order valence-electron chi connectivity index (χ4n) is 4.30. The van der Waals surface area contributed by atoms with E-state index in [1.807, 2.05) is 13.8 Å². The third kappa shape index (κ3) is 8.92. The van der Waals surface area contributed by atoms with Crippen molar-refractivity contribution in [2.24, 2.45) is 29.2 Å². The van der Waals surface area contributed by atoms with Gasteiger partial charge in [0, 0.05) is 17.9 Å². The van der Waals surface area contributed by atoms with Crippen LogP contribution in [0, 0.1) is 17.8 Å². The van der Waals surface area contributed by atoms with Gasteiger partial charge in [-0.2, -0.15) is 0 Å². The highest BCUT2D eigenvalue weighted by Crippen LogP contribution is 2.32. The maximum absolute atomic E-state index is 13.1. The highest BCUT2D eigenvalue weighted by Gasteiger charge is 2.31. The molecule has 0 bridgehead atoms. The number of anilines is 1. The van der Waals surface area contributed by atoms with E-state index >= 15 is 0 Å². The summed E-state index contributed by atoms with van der Waals surface area (Å²) < 4.78 is 0. The van der Waals surface area contributed by atoms with Crippen molar-refractivity contribution in [1.82, 2.24) is 10.6 Å². The van der Waals surface area contributed by atoms with Crippen LogP contribution in [-0.4, -0.2) is 30.4 Å². The van der Waals surface area contributed by atoms with Gasteiger partial charge in [0.15, 0.2) is 0 Å². The molecular formula is C27H43N5O3. The van der Waals surface area contributed by atoms with Crippen LogP contribution in [0.25, 0.3) is 0 Å². The summed E-state index contributed by atoms with van der Waals surface area (Å²) in [6.07, 6.45) is 6.41. The van der Waals surface area contributed by atoms with E-state index in [1.165, 1.54) is 11.1 Å². The summed E-state index contributed by atoms with van der Waals surface area (Å²) in [6.45, 7) is 8.48. The zero-order valence-electron chi connectivity index (χ0n) is 21.7. The molecule has 2 rings (SSSR count). The maximum Gasteiger partial charge on any atom is 0.312 e. The van der Waals surface area contributed by atoms with Gasteiger partial charge in [-0.3, -0.25) is 9.59 Å². The first-order valence-electron chi connectivity index (χ1n) is 12.8. The average Bonchev–Trinajstić information content (AvgIpc) is 2.74. The second kappa shape index (κ2) is 13.8. The van der Waals surface area contributed by atoms with Crippen molar-refractivity contribution in [1.29, 1.82) is 0 Å². The lowest BCUT2D eigenvalue weighted by atomic mass is 9.86. The number of allylic oxidation sites excluding steroid dienone is 1. The summed E-state index contributed by atoms with van der Waals surface area (Å²) in [5, 5.41) is 9.24. The Bertz CT molecular complexity index is 889. The lowest BCUT2D eigenvalue weighted by Gasteiger charge is -2.31. The van der Waals surface area contributed by atoms with Gasteiger partial charge in [0.25, 0.3) is 0 Å². The molecule has 4 amide bonds. The third-order valence-corrected chi connectivity index (χ3v) is 6.74. The number of hydrogen-bond donors (Lipinski definition) is 5. The molecular weight excluding hydrogens is 442 g/mol. The lowest BCUT2D eigenvalue weighted by molar-refractivity contribution is -0.135. The normalized spacial score (nSPS) is 15.5. The monoisotopic (exact) mass is 485 g/mol. The van der Waals surface area contributed by atoms with Crippen molar-refractivity contribution in [3.8, 4) is 0 Å². The smallest absolute Gasteiger partial charge is 0.312 e. The van der Waals surface area contributed by atoms with Crippen molar-refractivity contribution in [3.05, 3.63) is 41.1 Å². The molecule has 0 spiro atoms.